The van der Waals surface area contributed by atoms with Gasteiger partial charge in [-0.25, -0.2) is 9.78 Å². The molecule has 0 aliphatic rings. The van der Waals surface area contributed by atoms with Gasteiger partial charge in [-0.15, -0.1) is 13.2 Å². The molecule has 0 saturated carbocycles. The molecule has 0 aliphatic heterocycles. The van der Waals surface area contributed by atoms with Crippen molar-refractivity contribution in [1.29, 1.82) is 0 Å². The lowest BCUT2D eigenvalue weighted by atomic mass is 10.2. The predicted molar refractivity (Wildman–Crippen MR) is 122 cm³/mol. The number of nitrogens with one attached hydrogen (secondary N) is 1. The molecule has 0 radical (unpaired) electrons. The first-order valence-electron chi connectivity index (χ1n) is 10.8. The highest BCUT2D eigenvalue weighted by molar-refractivity contribution is 5.76. The van der Waals surface area contributed by atoms with Crippen LogP contribution < -0.4 is 16.0 Å². The van der Waals surface area contributed by atoms with E-state index < -0.39 is 17.6 Å². The van der Waals surface area contributed by atoms with Gasteiger partial charge in [-0.3, -0.25) is 19.0 Å². The van der Waals surface area contributed by atoms with Crippen LogP contribution in [0.25, 0.3) is 22.6 Å². The number of halogens is 3. The van der Waals surface area contributed by atoms with Gasteiger partial charge >= 0.3 is 12.1 Å². The number of ether oxygens (including phenoxy) is 1. The Balaban J connectivity index is 1.59. The number of imidazole rings is 1. The summed E-state index contributed by atoms with van der Waals surface area (Å²) in [6.07, 6.45) is -0.675. The number of H-pyrrole nitrogens is 1. The van der Waals surface area contributed by atoms with Gasteiger partial charge in [0.2, 0.25) is 0 Å². The molecule has 0 amide bonds. The van der Waals surface area contributed by atoms with Crippen LogP contribution in [0.4, 0.5) is 13.2 Å². The van der Waals surface area contributed by atoms with E-state index in [0.29, 0.717) is 41.2 Å². The highest BCUT2D eigenvalue weighted by Crippen LogP contribution is 2.23. The molecular formula is C23H21F3N6O3. The summed E-state index contributed by atoms with van der Waals surface area (Å²) in [6, 6.07) is 5.25. The molecule has 0 unspecified atom stereocenters. The van der Waals surface area contributed by atoms with E-state index in [-0.39, 0.29) is 12.3 Å². The summed E-state index contributed by atoms with van der Waals surface area (Å²) in [7, 11) is 0. The molecule has 4 aromatic rings. The van der Waals surface area contributed by atoms with Gasteiger partial charge in [0.05, 0.1) is 11.8 Å². The van der Waals surface area contributed by atoms with Crippen LogP contribution in [0.15, 0.2) is 46.2 Å². The standard InChI is InChI=1S/C23H21F3N6O3/c1-3-11-32-18-20(31(4-2)22(34)29-21(18)33)28-19(32)16-13-27-30(14-16)12-5-6-15-7-9-17(10-8-15)35-23(24,25)26/h7-10,13-14H,3-4,11-12H2,1-2H3,(H,29,33,34). The first-order chi connectivity index (χ1) is 16.7. The van der Waals surface area contributed by atoms with Crippen LogP contribution in [0.2, 0.25) is 0 Å². The average molecular weight is 486 g/mol. The Morgan fingerprint density at radius 1 is 1.11 bits per heavy atom. The zero-order valence-corrected chi connectivity index (χ0v) is 18.9. The summed E-state index contributed by atoms with van der Waals surface area (Å²) in [4.78, 5) is 31.7. The fourth-order valence-corrected chi connectivity index (χ4v) is 3.66. The number of hydrogen-bond donors (Lipinski definition) is 1. The van der Waals surface area contributed by atoms with Crippen LogP contribution >= 0.6 is 0 Å². The minimum atomic E-state index is -4.75. The lowest BCUT2D eigenvalue weighted by molar-refractivity contribution is -0.274. The smallest absolute Gasteiger partial charge is 0.406 e. The van der Waals surface area contributed by atoms with Crippen molar-refractivity contribution < 1.29 is 17.9 Å². The summed E-state index contributed by atoms with van der Waals surface area (Å²) in [5.41, 5.74) is 0.811. The summed E-state index contributed by atoms with van der Waals surface area (Å²) in [6.45, 7) is 4.86. The molecule has 3 aromatic heterocycles. The molecule has 1 N–H and O–H groups in total. The van der Waals surface area contributed by atoms with Gasteiger partial charge in [-0.2, -0.15) is 5.10 Å². The summed E-state index contributed by atoms with van der Waals surface area (Å²) in [5.74, 6) is 5.97. The van der Waals surface area contributed by atoms with E-state index >= 15 is 0 Å². The molecule has 3 heterocycles. The number of aromatic nitrogens is 6. The van der Waals surface area contributed by atoms with E-state index in [2.05, 4.69) is 31.6 Å². The van der Waals surface area contributed by atoms with Gasteiger partial charge in [-0.05, 0) is 37.6 Å². The van der Waals surface area contributed by atoms with Crippen molar-refractivity contribution in [3.05, 3.63) is 63.1 Å². The summed E-state index contributed by atoms with van der Waals surface area (Å²) < 4.78 is 45.4. The van der Waals surface area contributed by atoms with E-state index in [9.17, 15) is 22.8 Å². The number of hydrogen-bond acceptors (Lipinski definition) is 5. The Labute approximate surface area is 196 Å². The van der Waals surface area contributed by atoms with Crippen LogP contribution in [0, 0.1) is 11.8 Å². The third-order valence-electron chi connectivity index (χ3n) is 5.10. The highest BCUT2D eigenvalue weighted by Gasteiger charge is 2.30. The average Bonchev–Trinajstić information content (AvgIpc) is 3.40. The number of rotatable bonds is 6. The molecule has 0 saturated heterocycles. The zero-order chi connectivity index (χ0) is 25.2. The van der Waals surface area contributed by atoms with Crippen LogP contribution in [-0.2, 0) is 19.6 Å². The second kappa shape index (κ2) is 9.54. The van der Waals surface area contributed by atoms with Gasteiger partial charge < -0.3 is 9.30 Å². The van der Waals surface area contributed by atoms with E-state index in [1.807, 2.05) is 6.92 Å². The Hall–Kier alpha value is -4.27. The molecule has 0 spiro atoms. The molecule has 0 aliphatic carbocycles. The van der Waals surface area contributed by atoms with Crippen LogP contribution in [0.3, 0.4) is 0 Å². The first-order valence-corrected chi connectivity index (χ1v) is 10.8. The number of aromatic amines is 1. The van der Waals surface area contributed by atoms with Crippen LogP contribution in [-0.4, -0.2) is 35.2 Å². The number of fused-ring (bicyclic) bond motifs is 1. The maximum absolute atomic E-state index is 12.5. The normalized spacial score (nSPS) is 11.5. The van der Waals surface area contributed by atoms with Crippen LogP contribution in [0.1, 0.15) is 25.8 Å². The van der Waals surface area contributed by atoms with Gasteiger partial charge in [-0.1, -0.05) is 18.8 Å². The maximum Gasteiger partial charge on any atom is 0.573 e. The van der Waals surface area contributed by atoms with Crippen molar-refractivity contribution >= 4 is 11.2 Å². The fraction of sp³-hybridized carbons (Fsp3) is 0.304. The number of benzene rings is 1. The maximum atomic E-state index is 12.5. The van der Waals surface area contributed by atoms with Gasteiger partial charge in [0.25, 0.3) is 5.56 Å². The predicted octanol–water partition coefficient (Wildman–Crippen LogP) is 3.13. The zero-order valence-electron chi connectivity index (χ0n) is 18.9. The molecule has 4 rings (SSSR count). The van der Waals surface area contributed by atoms with E-state index in [4.69, 9.17) is 0 Å². The SMILES string of the molecule is CCCn1c(-c2cnn(CC#Cc3ccc(OC(F)(F)F)cc3)c2)nc2c1c(=O)[nH]c(=O)n2CC. The van der Waals surface area contributed by atoms with Crippen molar-refractivity contribution in [2.45, 2.75) is 46.3 Å². The van der Waals surface area contributed by atoms with E-state index in [0.717, 1.165) is 6.42 Å². The number of alkyl halides is 3. The van der Waals surface area contributed by atoms with Crippen molar-refractivity contribution in [2.24, 2.45) is 0 Å². The van der Waals surface area contributed by atoms with Gasteiger partial charge in [0.1, 0.15) is 18.1 Å². The Kier molecular flexibility index (Phi) is 6.50. The second-order valence-corrected chi connectivity index (χ2v) is 7.56. The van der Waals surface area contributed by atoms with E-state index in [1.165, 1.54) is 28.8 Å². The number of aryl methyl sites for hydroxylation is 2. The van der Waals surface area contributed by atoms with Crippen LogP contribution in [0.5, 0.6) is 5.75 Å². The topological polar surface area (TPSA) is 99.7 Å². The second-order valence-electron chi connectivity index (χ2n) is 7.56. The third kappa shape index (κ3) is 5.13. The lowest BCUT2D eigenvalue weighted by Crippen LogP contribution is -2.30. The minimum absolute atomic E-state index is 0.217. The molecule has 35 heavy (non-hydrogen) atoms. The van der Waals surface area contributed by atoms with Gasteiger partial charge in [0, 0.05) is 24.8 Å². The quantitative estimate of drug-likeness (QED) is 0.422. The summed E-state index contributed by atoms with van der Waals surface area (Å²) >= 11 is 0. The third-order valence-corrected chi connectivity index (χ3v) is 5.10. The van der Waals surface area contributed by atoms with Crippen molar-refractivity contribution in [1.82, 2.24) is 28.9 Å². The Morgan fingerprint density at radius 3 is 2.51 bits per heavy atom. The molecule has 12 heteroatoms. The van der Waals surface area contributed by atoms with Crippen molar-refractivity contribution in [3.8, 4) is 29.0 Å². The first kappa shape index (κ1) is 23.9. The molecule has 9 nitrogen and oxygen atoms in total. The Morgan fingerprint density at radius 2 is 1.86 bits per heavy atom. The van der Waals surface area contributed by atoms with E-state index in [1.54, 1.807) is 28.6 Å². The lowest BCUT2D eigenvalue weighted by Gasteiger charge is -2.07. The monoisotopic (exact) mass is 486 g/mol. The molecule has 0 atom stereocenters. The van der Waals surface area contributed by atoms with Crippen molar-refractivity contribution in [3.63, 3.8) is 0 Å². The summed E-state index contributed by atoms with van der Waals surface area (Å²) in [5, 5.41) is 4.29. The molecule has 0 bridgehead atoms. The minimum Gasteiger partial charge on any atom is -0.406 e. The van der Waals surface area contributed by atoms with Crippen molar-refractivity contribution in [2.75, 3.05) is 0 Å². The fourth-order valence-electron chi connectivity index (χ4n) is 3.66. The van der Waals surface area contributed by atoms with Gasteiger partial charge in [0.15, 0.2) is 11.2 Å². The molecule has 182 valence electrons. The molecular weight excluding hydrogens is 465 g/mol. The number of nitrogens with zero attached hydrogens (tertiary/aromatic N) is 5. The Bertz CT molecular complexity index is 1530. The largest absolute Gasteiger partial charge is 0.573 e. The molecule has 0 fully saturated rings. The highest BCUT2D eigenvalue weighted by atomic mass is 19.4. The molecule has 1 aromatic carbocycles.